The van der Waals surface area contributed by atoms with Crippen LogP contribution in [0, 0.1) is 0 Å². The number of hydrogen-bond donors (Lipinski definition) is 4. The summed E-state index contributed by atoms with van der Waals surface area (Å²) >= 11 is 6.12. The number of aromatic nitrogens is 2. The highest BCUT2D eigenvalue weighted by Crippen LogP contribution is 2.28. The van der Waals surface area contributed by atoms with Crippen molar-refractivity contribution >= 4 is 29.1 Å². The van der Waals surface area contributed by atoms with E-state index in [9.17, 15) is 5.11 Å². The molecule has 1 saturated carbocycles. The summed E-state index contributed by atoms with van der Waals surface area (Å²) in [5, 5.41) is 16.4. The lowest BCUT2D eigenvalue weighted by Gasteiger charge is -2.26. The van der Waals surface area contributed by atoms with Gasteiger partial charge in [-0.2, -0.15) is 9.97 Å². The molecule has 2 heterocycles. The van der Waals surface area contributed by atoms with E-state index in [1.54, 1.807) is 0 Å². The predicted octanol–water partition coefficient (Wildman–Crippen LogP) is 1.63. The van der Waals surface area contributed by atoms with Crippen LogP contribution in [0.15, 0.2) is 0 Å². The molecule has 0 bridgehead atoms. The van der Waals surface area contributed by atoms with Gasteiger partial charge in [-0.25, -0.2) is 0 Å². The van der Waals surface area contributed by atoms with Gasteiger partial charge in [-0.1, -0.05) is 11.6 Å². The van der Waals surface area contributed by atoms with Crippen LogP contribution in [0.4, 0.5) is 17.5 Å². The number of nitrogen functional groups attached to an aromatic ring is 1. The average molecular weight is 328 g/mol. The molecule has 2 aliphatic rings. The Bertz CT molecular complexity index is 516. The molecule has 1 aliphatic carbocycles. The lowest BCUT2D eigenvalue weighted by atomic mass is 9.93. The van der Waals surface area contributed by atoms with Crippen LogP contribution in [-0.2, 0) is 4.74 Å². The largest absolute Gasteiger partial charge is 0.393 e. The normalized spacial score (nSPS) is 28.5. The summed E-state index contributed by atoms with van der Waals surface area (Å²) in [5.74, 6) is 1.02. The Morgan fingerprint density at radius 1 is 1.09 bits per heavy atom. The standard InChI is InChI=1S/C14H22ClN5O2/c15-12-11(16)13(17-9-5-6-22-7-9)20-14(19-12)18-8-1-3-10(21)4-2-8/h8-10,21H,1-7,16H2,(H2,17,18,19,20). The molecule has 1 aliphatic heterocycles. The number of anilines is 3. The summed E-state index contributed by atoms with van der Waals surface area (Å²) < 4.78 is 5.34. The summed E-state index contributed by atoms with van der Waals surface area (Å²) in [6.07, 6.45) is 4.12. The van der Waals surface area contributed by atoms with E-state index in [-0.39, 0.29) is 23.3 Å². The van der Waals surface area contributed by atoms with E-state index >= 15 is 0 Å². The van der Waals surface area contributed by atoms with Gasteiger partial charge in [-0.3, -0.25) is 0 Å². The zero-order valence-electron chi connectivity index (χ0n) is 12.4. The molecule has 1 aromatic rings. The molecule has 5 N–H and O–H groups in total. The molecule has 0 aromatic carbocycles. The van der Waals surface area contributed by atoms with Crippen LogP contribution >= 0.6 is 11.6 Å². The Morgan fingerprint density at radius 2 is 1.86 bits per heavy atom. The molecule has 1 unspecified atom stereocenters. The first-order chi connectivity index (χ1) is 10.6. The van der Waals surface area contributed by atoms with Crippen molar-refractivity contribution in [3.8, 4) is 0 Å². The van der Waals surface area contributed by atoms with Crippen molar-refractivity contribution in [1.82, 2.24) is 9.97 Å². The van der Waals surface area contributed by atoms with Crippen LogP contribution in [0.3, 0.4) is 0 Å². The monoisotopic (exact) mass is 327 g/mol. The van der Waals surface area contributed by atoms with Gasteiger partial charge in [0.25, 0.3) is 0 Å². The molecule has 1 saturated heterocycles. The van der Waals surface area contributed by atoms with Crippen molar-refractivity contribution in [3.05, 3.63) is 5.15 Å². The van der Waals surface area contributed by atoms with Crippen LogP contribution in [0.5, 0.6) is 0 Å². The van der Waals surface area contributed by atoms with E-state index in [1.165, 1.54) is 0 Å². The second kappa shape index (κ2) is 6.85. The SMILES string of the molecule is Nc1c(Cl)nc(NC2CCC(O)CC2)nc1NC1CCOC1. The molecule has 8 heteroatoms. The number of ether oxygens (including phenoxy) is 1. The summed E-state index contributed by atoms with van der Waals surface area (Å²) in [6.45, 7) is 1.39. The summed E-state index contributed by atoms with van der Waals surface area (Å²) in [6, 6.07) is 0.455. The van der Waals surface area contributed by atoms with E-state index in [0.29, 0.717) is 24.1 Å². The van der Waals surface area contributed by atoms with E-state index in [2.05, 4.69) is 20.6 Å². The lowest BCUT2D eigenvalue weighted by Crippen LogP contribution is -2.29. The van der Waals surface area contributed by atoms with Crippen molar-refractivity contribution in [2.45, 2.75) is 50.3 Å². The minimum absolute atomic E-state index is 0.187. The number of nitrogens with two attached hydrogens (primary N) is 1. The first-order valence-corrected chi connectivity index (χ1v) is 8.11. The van der Waals surface area contributed by atoms with E-state index in [1.807, 2.05) is 0 Å². The number of aliphatic hydroxyl groups excluding tert-OH is 1. The topological polar surface area (TPSA) is 105 Å². The van der Waals surface area contributed by atoms with Crippen LogP contribution in [0.25, 0.3) is 0 Å². The quantitative estimate of drug-likeness (QED) is 0.623. The van der Waals surface area contributed by atoms with Gasteiger partial charge in [0.1, 0.15) is 5.69 Å². The molecule has 7 nitrogen and oxygen atoms in total. The molecule has 122 valence electrons. The van der Waals surface area contributed by atoms with Crippen molar-refractivity contribution in [2.24, 2.45) is 0 Å². The smallest absolute Gasteiger partial charge is 0.226 e. The maximum absolute atomic E-state index is 9.56. The van der Waals surface area contributed by atoms with Gasteiger partial charge < -0.3 is 26.2 Å². The Kier molecular flexibility index (Phi) is 4.85. The van der Waals surface area contributed by atoms with Crippen LogP contribution < -0.4 is 16.4 Å². The van der Waals surface area contributed by atoms with Gasteiger partial charge in [0, 0.05) is 12.6 Å². The fraction of sp³-hybridized carbons (Fsp3) is 0.714. The van der Waals surface area contributed by atoms with Crippen molar-refractivity contribution in [3.63, 3.8) is 0 Å². The van der Waals surface area contributed by atoms with Crippen molar-refractivity contribution in [1.29, 1.82) is 0 Å². The number of halogens is 1. The highest BCUT2D eigenvalue weighted by molar-refractivity contribution is 6.32. The molecule has 3 rings (SSSR count). The van der Waals surface area contributed by atoms with E-state index in [0.717, 1.165) is 38.7 Å². The van der Waals surface area contributed by atoms with Gasteiger partial charge in [0.2, 0.25) is 5.95 Å². The molecular weight excluding hydrogens is 306 g/mol. The number of hydrogen-bond acceptors (Lipinski definition) is 7. The zero-order valence-corrected chi connectivity index (χ0v) is 13.1. The van der Waals surface area contributed by atoms with Crippen LogP contribution in [0.1, 0.15) is 32.1 Å². The van der Waals surface area contributed by atoms with Gasteiger partial charge in [-0.15, -0.1) is 0 Å². The third-order valence-electron chi connectivity index (χ3n) is 4.20. The Labute approximate surface area is 134 Å². The Hall–Kier alpha value is -1.31. The predicted molar refractivity (Wildman–Crippen MR) is 86.2 cm³/mol. The maximum Gasteiger partial charge on any atom is 0.226 e. The molecule has 0 amide bonds. The first-order valence-electron chi connectivity index (χ1n) is 7.73. The lowest BCUT2D eigenvalue weighted by molar-refractivity contribution is 0.126. The molecule has 1 aromatic heterocycles. The van der Waals surface area contributed by atoms with Gasteiger partial charge in [0.15, 0.2) is 11.0 Å². The third kappa shape index (κ3) is 3.71. The van der Waals surface area contributed by atoms with Gasteiger partial charge >= 0.3 is 0 Å². The highest BCUT2D eigenvalue weighted by Gasteiger charge is 2.22. The Morgan fingerprint density at radius 3 is 2.55 bits per heavy atom. The highest BCUT2D eigenvalue weighted by atomic mass is 35.5. The molecule has 1 atom stereocenters. The average Bonchev–Trinajstić information content (AvgIpc) is 3.00. The van der Waals surface area contributed by atoms with Gasteiger partial charge in [-0.05, 0) is 32.1 Å². The summed E-state index contributed by atoms with van der Waals surface area (Å²) in [5.41, 5.74) is 6.32. The van der Waals surface area contributed by atoms with E-state index in [4.69, 9.17) is 22.1 Å². The number of rotatable bonds is 4. The Balaban J connectivity index is 1.69. The van der Waals surface area contributed by atoms with Crippen LogP contribution in [-0.4, -0.2) is 46.5 Å². The van der Waals surface area contributed by atoms with Crippen molar-refractivity contribution in [2.75, 3.05) is 29.6 Å². The molecule has 2 fully saturated rings. The number of nitrogens with one attached hydrogen (secondary N) is 2. The van der Waals surface area contributed by atoms with Crippen molar-refractivity contribution < 1.29 is 9.84 Å². The summed E-state index contributed by atoms with van der Waals surface area (Å²) in [4.78, 5) is 8.65. The van der Waals surface area contributed by atoms with Gasteiger partial charge in [0.05, 0.1) is 18.8 Å². The minimum atomic E-state index is -0.187. The second-order valence-electron chi connectivity index (χ2n) is 5.95. The summed E-state index contributed by atoms with van der Waals surface area (Å²) in [7, 11) is 0. The fourth-order valence-corrected chi connectivity index (χ4v) is 3.03. The first kappa shape index (κ1) is 15.6. The number of aliphatic hydroxyl groups is 1. The molecule has 0 radical (unpaired) electrons. The molecular formula is C14H22ClN5O2. The fourth-order valence-electron chi connectivity index (χ4n) is 2.86. The minimum Gasteiger partial charge on any atom is -0.393 e. The van der Waals surface area contributed by atoms with E-state index < -0.39 is 0 Å². The maximum atomic E-state index is 9.56. The zero-order chi connectivity index (χ0) is 15.5. The number of nitrogens with zero attached hydrogens (tertiary/aromatic N) is 2. The third-order valence-corrected chi connectivity index (χ3v) is 4.49. The molecule has 0 spiro atoms. The molecule has 22 heavy (non-hydrogen) atoms. The second-order valence-corrected chi connectivity index (χ2v) is 6.31. The van der Waals surface area contributed by atoms with Crippen LogP contribution in [0.2, 0.25) is 5.15 Å².